The van der Waals surface area contributed by atoms with Crippen LogP contribution in [-0.4, -0.2) is 34.9 Å². The predicted molar refractivity (Wildman–Crippen MR) is 63.2 cm³/mol. The highest BCUT2D eigenvalue weighted by atomic mass is 16.5. The highest BCUT2D eigenvalue weighted by Gasteiger charge is 2.16. The second-order valence-electron chi connectivity index (χ2n) is 4.03. The third kappa shape index (κ3) is 2.65. The van der Waals surface area contributed by atoms with Crippen LogP contribution in [0.1, 0.15) is 6.92 Å². The minimum absolute atomic E-state index is 0.109. The normalized spacial score (nSPS) is 20.4. The lowest BCUT2D eigenvalue weighted by molar-refractivity contribution is 0.0166. The first-order valence-corrected chi connectivity index (χ1v) is 5.85. The minimum Gasteiger partial charge on any atom is -0.374 e. The van der Waals surface area contributed by atoms with Gasteiger partial charge in [0.15, 0.2) is 0 Å². The number of aryl methyl sites for hydroxylation is 1. The fourth-order valence-electron chi connectivity index (χ4n) is 1.91. The zero-order valence-corrected chi connectivity index (χ0v) is 9.89. The lowest BCUT2D eigenvalue weighted by Gasteiger charge is -2.24. The first-order chi connectivity index (χ1) is 8.22. The standard InChI is InChI=1S/C11H17N3O3/c1-2-13-5-3-10(15)14(11(13)16)8-9-7-12-4-6-17-9/h3,5,9,12H,2,4,6-8H2,1H3. The second-order valence-corrected chi connectivity index (χ2v) is 4.03. The van der Waals surface area contributed by atoms with Gasteiger partial charge in [-0.15, -0.1) is 0 Å². The van der Waals surface area contributed by atoms with E-state index in [4.69, 9.17) is 4.74 Å². The van der Waals surface area contributed by atoms with Crippen LogP contribution in [0.3, 0.4) is 0 Å². The van der Waals surface area contributed by atoms with E-state index in [2.05, 4.69) is 5.32 Å². The van der Waals surface area contributed by atoms with Crippen molar-refractivity contribution in [2.24, 2.45) is 0 Å². The fourth-order valence-corrected chi connectivity index (χ4v) is 1.91. The van der Waals surface area contributed by atoms with Gasteiger partial charge < -0.3 is 14.6 Å². The largest absolute Gasteiger partial charge is 0.374 e. The predicted octanol–water partition coefficient (Wildman–Crippen LogP) is -0.982. The number of ether oxygens (including phenoxy) is 1. The molecule has 1 unspecified atom stereocenters. The molecule has 0 radical (unpaired) electrons. The van der Waals surface area contributed by atoms with Gasteiger partial charge in [0.2, 0.25) is 0 Å². The van der Waals surface area contributed by atoms with Crippen LogP contribution in [-0.2, 0) is 17.8 Å². The highest BCUT2D eigenvalue weighted by molar-refractivity contribution is 4.87. The lowest BCUT2D eigenvalue weighted by Crippen LogP contribution is -2.47. The SMILES string of the molecule is CCn1ccc(=O)n(CC2CNCCO2)c1=O. The number of morpholine rings is 1. The molecule has 1 atom stereocenters. The van der Waals surface area contributed by atoms with Crippen molar-refractivity contribution in [2.75, 3.05) is 19.7 Å². The maximum atomic E-state index is 11.9. The topological polar surface area (TPSA) is 65.3 Å². The van der Waals surface area contributed by atoms with Crippen molar-refractivity contribution >= 4 is 0 Å². The van der Waals surface area contributed by atoms with Crippen LogP contribution in [0, 0.1) is 0 Å². The molecular formula is C11H17N3O3. The molecule has 0 aromatic carbocycles. The van der Waals surface area contributed by atoms with E-state index < -0.39 is 0 Å². The van der Waals surface area contributed by atoms with Gasteiger partial charge in [-0.3, -0.25) is 9.36 Å². The van der Waals surface area contributed by atoms with Gasteiger partial charge in [-0.1, -0.05) is 0 Å². The molecule has 6 nitrogen and oxygen atoms in total. The summed E-state index contributed by atoms with van der Waals surface area (Å²) in [7, 11) is 0. The van der Waals surface area contributed by atoms with Gasteiger partial charge in [0.1, 0.15) is 0 Å². The molecule has 94 valence electrons. The maximum Gasteiger partial charge on any atom is 0.331 e. The summed E-state index contributed by atoms with van der Waals surface area (Å²) in [4.78, 5) is 23.6. The summed E-state index contributed by atoms with van der Waals surface area (Å²) in [5.41, 5.74) is -0.539. The number of aromatic nitrogens is 2. The Kier molecular flexibility index (Phi) is 3.75. The van der Waals surface area contributed by atoms with Gasteiger partial charge >= 0.3 is 5.69 Å². The second kappa shape index (κ2) is 5.29. The van der Waals surface area contributed by atoms with E-state index in [0.717, 1.165) is 6.54 Å². The van der Waals surface area contributed by atoms with Gasteiger partial charge in [-0.2, -0.15) is 0 Å². The summed E-state index contributed by atoms with van der Waals surface area (Å²) in [6.07, 6.45) is 1.42. The number of rotatable bonds is 3. The molecule has 0 spiro atoms. The molecule has 0 amide bonds. The zero-order valence-electron chi connectivity index (χ0n) is 9.89. The average Bonchev–Trinajstić information content (AvgIpc) is 2.36. The first kappa shape index (κ1) is 12.1. The van der Waals surface area contributed by atoms with E-state index >= 15 is 0 Å². The zero-order chi connectivity index (χ0) is 12.3. The minimum atomic E-state index is -0.270. The van der Waals surface area contributed by atoms with E-state index in [-0.39, 0.29) is 17.4 Å². The molecule has 1 fully saturated rings. The van der Waals surface area contributed by atoms with Crippen LogP contribution in [0.5, 0.6) is 0 Å². The monoisotopic (exact) mass is 239 g/mol. The molecule has 0 saturated carbocycles. The van der Waals surface area contributed by atoms with Crippen molar-refractivity contribution in [3.63, 3.8) is 0 Å². The Morgan fingerprint density at radius 1 is 1.53 bits per heavy atom. The van der Waals surface area contributed by atoms with Crippen LogP contribution in [0.4, 0.5) is 0 Å². The van der Waals surface area contributed by atoms with E-state index in [1.54, 1.807) is 0 Å². The first-order valence-electron chi connectivity index (χ1n) is 5.85. The Morgan fingerprint density at radius 2 is 2.35 bits per heavy atom. The van der Waals surface area contributed by atoms with Crippen molar-refractivity contribution in [3.8, 4) is 0 Å². The van der Waals surface area contributed by atoms with E-state index in [9.17, 15) is 9.59 Å². The third-order valence-corrected chi connectivity index (χ3v) is 2.87. The molecule has 1 aliphatic rings. The lowest BCUT2D eigenvalue weighted by atomic mass is 10.3. The molecule has 1 aromatic heterocycles. The number of hydrogen-bond acceptors (Lipinski definition) is 4. The van der Waals surface area contributed by atoms with Crippen molar-refractivity contribution in [1.29, 1.82) is 0 Å². The molecule has 0 aliphatic carbocycles. The molecule has 1 aromatic rings. The van der Waals surface area contributed by atoms with E-state index in [0.29, 0.717) is 26.2 Å². The van der Waals surface area contributed by atoms with E-state index in [1.807, 2.05) is 6.92 Å². The quantitative estimate of drug-likeness (QED) is 0.736. The summed E-state index contributed by atoms with van der Waals surface area (Å²) in [6, 6.07) is 1.42. The van der Waals surface area contributed by atoms with Crippen LogP contribution in [0.25, 0.3) is 0 Å². The fraction of sp³-hybridized carbons (Fsp3) is 0.636. The van der Waals surface area contributed by atoms with Crippen LogP contribution >= 0.6 is 0 Å². The summed E-state index contributed by atoms with van der Waals surface area (Å²) < 4.78 is 8.24. The molecule has 6 heteroatoms. The number of nitrogens with one attached hydrogen (secondary N) is 1. The molecule has 1 N–H and O–H groups in total. The Bertz CT molecular complexity index is 485. The summed E-state index contributed by atoms with van der Waals surface area (Å²) in [5, 5.41) is 3.17. The van der Waals surface area contributed by atoms with Crippen molar-refractivity contribution < 1.29 is 4.74 Å². The Morgan fingerprint density at radius 3 is 3.00 bits per heavy atom. The molecule has 1 aliphatic heterocycles. The Hall–Kier alpha value is -1.40. The van der Waals surface area contributed by atoms with Crippen LogP contribution < -0.4 is 16.6 Å². The molecule has 2 rings (SSSR count). The van der Waals surface area contributed by atoms with Crippen molar-refractivity contribution in [1.82, 2.24) is 14.5 Å². The highest BCUT2D eigenvalue weighted by Crippen LogP contribution is 1.97. The van der Waals surface area contributed by atoms with Crippen LogP contribution in [0.2, 0.25) is 0 Å². The van der Waals surface area contributed by atoms with Gasteiger partial charge in [-0.05, 0) is 6.92 Å². The van der Waals surface area contributed by atoms with Gasteiger partial charge in [0, 0.05) is 31.9 Å². The molecule has 17 heavy (non-hydrogen) atoms. The third-order valence-electron chi connectivity index (χ3n) is 2.87. The smallest absolute Gasteiger partial charge is 0.331 e. The van der Waals surface area contributed by atoms with Crippen molar-refractivity contribution in [3.05, 3.63) is 33.1 Å². The summed E-state index contributed by atoms with van der Waals surface area (Å²) >= 11 is 0. The van der Waals surface area contributed by atoms with Gasteiger partial charge in [-0.25, -0.2) is 4.79 Å². The number of hydrogen-bond donors (Lipinski definition) is 1. The molecule has 1 saturated heterocycles. The maximum absolute atomic E-state index is 11.9. The molecule has 2 heterocycles. The number of nitrogens with zero attached hydrogens (tertiary/aromatic N) is 2. The summed E-state index contributed by atoms with van der Waals surface area (Å²) in [5.74, 6) is 0. The molecule has 0 bridgehead atoms. The van der Waals surface area contributed by atoms with E-state index in [1.165, 1.54) is 21.4 Å². The van der Waals surface area contributed by atoms with Crippen molar-refractivity contribution in [2.45, 2.75) is 26.1 Å². The average molecular weight is 239 g/mol. The van der Waals surface area contributed by atoms with Gasteiger partial charge in [0.25, 0.3) is 5.56 Å². The Balaban J connectivity index is 2.25. The molecular weight excluding hydrogens is 222 g/mol. The van der Waals surface area contributed by atoms with Gasteiger partial charge in [0.05, 0.1) is 19.3 Å². The Labute approximate surface area is 98.8 Å². The van der Waals surface area contributed by atoms with Crippen LogP contribution in [0.15, 0.2) is 21.9 Å². The summed E-state index contributed by atoms with van der Waals surface area (Å²) in [6.45, 7) is 4.85.